The van der Waals surface area contributed by atoms with E-state index in [1.165, 1.54) is 19.3 Å². The molecule has 0 atom stereocenters. The van der Waals surface area contributed by atoms with Gasteiger partial charge in [-0.1, -0.05) is 33.1 Å². The molecule has 88 valence electrons. The highest BCUT2D eigenvalue weighted by molar-refractivity contribution is 5.92. The molecule has 0 radical (unpaired) electrons. The molecular formula is C12H18N2O2. The van der Waals surface area contributed by atoms with E-state index in [0.29, 0.717) is 11.8 Å². The molecule has 0 spiro atoms. The maximum atomic E-state index is 11.6. The van der Waals surface area contributed by atoms with Crippen LogP contribution in [-0.4, -0.2) is 16.0 Å². The third kappa shape index (κ3) is 2.31. The van der Waals surface area contributed by atoms with E-state index in [0.717, 1.165) is 12.8 Å². The first-order valence-electron chi connectivity index (χ1n) is 6.06. The third-order valence-corrected chi connectivity index (χ3v) is 3.13. The van der Waals surface area contributed by atoms with Gasteiger partial charge in [0.2, 0.25) is 11.7 Å². The highest BCUT2D eigenvalue weighted by atomic mass is 16.4. The molecule has 0 saturated heterocycles. The van der Waals surface area contributed by atoms with Crippen molar-refractivity contribution in [3.8, 4) is 0 Å². The largest absolute Gasteiger partial charge is 0.418 e. The minimum atomic E-state index is -0.0837. The molecule has 0 aliphatic heterocycles. The summed E-state index contributed by atoms with van der Waals surface area (Å²) in [4.78, 5) is 11.6. The fourth-order valence-electron chi connectivity index (χ4n) is 2.10. The molecule has 4 nitrogen and oxygen atoms in total. The first-order chi connectivity index (χ1) is 7.68. The van der Waals surface area contributed by atoms with Gasteiger partial charge in [0.1, 0.15) is 0 Å². The van der Waals surface area contributed by atoms with Crippen LogP contribution in [0.4, 0.5) is 0 Å². The summed E-state index contributed by atoms with van der Waals surface area (Å²) in [5.74, 6) is 1.06. The predicted octanol–water partition coefficient (Wildman–Crippen LogP) is 2.96. The van der Waals surface area contributed by atoms with Crippen LogP contribution in [0.15, 0.2) is 4.42 Å². The lowest BCUT2D eigenvalue weighted by molar-refractivity contribution is 0.0901. The van der Waals surface area contributed by atoms with Gasteiger partial charge in [-0.05, 0) is 12.8 Å². The molecule has 1 saturated carbocycles. The van der Waals surface area contributed by atoms with Gasteiger partial charge in [-0.3, -0.25) is 4.79 Å². The number of aromatic nitrogens is 2. The van der Waals surface area contributed by atoms with Gasteiger partial charge in [0.25, 0.3) is 5.89 Å². The van der Waals surface area contributed by atoms with E-state index >= 15 is 0 Å². The standard InChI is InChI=1S/C12H18N2O2/c1-8(2)10(15)12-14-13-11(16-12)9-6-4-3-5-7-9/h8-9H,3-7H2,1-2H3. The van der Waals surface area contributed by atoms with Gasteiger partial charge in [0, 0.05) is 11.8 Å². The molecule has 1 aliphatic carbocycles. The van der Waals surface area contributed by atoms with Gasteiger partial charge < -0.3 is 4.42 Å². The summed E-state index contributed by atoms with van der Waals surface area (Å²) < 4.78 is 5.47. The molecule has 4 heteroatoms. The van der Waals surface area contributed by atoms with Crippen LogP contribution in [0, 0.1) is 5.92 Å². The van der Waals surface area contributed by atoms with Crippen LogP contribution in [0.1, 0.15) is 68.4 Å². The molecule has 1 aliphatic rings. The molecular weight excluding hydrogens is 204 g/mol. The summed E-state index contributed by atoms with van der Waals surface area (Å²) in [5.41, 5.74) is 0. The van der Waals surface area contributed by atoms with Gasteiger partial charge in [-0.15, -0.1) is 10.2 Å². The lowest BCUT2D eigenvalue weighted by atomic mass is 9.89. The summed E-state index contributed by atoms with van der Waals surface area (Å²) in [6.07, 6.45) is 5.96. The van der Waals surface area contributed by atoms with E-state index in [4.69, 9.17) is 4.42 Å². The Bertz CT molecular complexity index is 365. The van der Waals surface area contributed by atoms with Crippen molar-refractivity contribution >= 4 is 5.78 Å². The van der Waals surface area contributed by atoms with Crippen molar-refractivity contribution in [3.05, 3.63) is 11.8 Å². The van der Waals surface area contributed by atoms with Crippen molar-refractivity contribution in [2.45, 2.75) is 51.9 Å². The molecule has 0 aromatic carbocycles. The molecule has 0 unspecified atom stereocenters. The minimum Gasteiger partial charge on any atom is -0.418 e. The van der Waals surface area contributed by atoms with Crippen LogP contribution in [0.25, 0.3) is 0 Å². The van der Waals surface area contributed by atoms with Crippen molar-refractivity contribution in [1.82, 2.24) is 10.2 Å². The van der Waals surface area contributed by atoms with Crippen molar-refractivity contribution < 1.29 is 9.21 Å². The fraction of sp³-hybridized carbons (Fsp3) is 0.750. The van der Waals surface area contributed by atoms with Crippen LogP contribution < -0.4 is 0 Å². The third-order valence-electron chi connectivity index (χ3n) is 3.13. The molecule has 0 amide bonds. The van der Waals surface area contributed by atoms with Crippen molar-refractivity contribution in [1.29, 1.82) is 0 Å². The van der Waals surface area contributed by atoms with Crippen LogP contribution in [0.3, 0.4) is 0 Å². The summed E-state index contributed by atoms with van der Waals surface area (Å²) in [7, 11) is 0. The van der Waals surface area contributed by atoms with Gasteiger partial charge in [0.05, 0.1) is 0 Å². The second-order valence-electron chi connectivity index (χ2n) is 4.80. The van der Waals surface area contributed by atoms with Crippen molar-refractivity contribution in [2.24, 2.45) is 5.92 Å². The quantitative estimate of drug-likeness (QED) is 0.738. The van der Waals surface area contributed by atoms with Crippen molar-refractivity contribution in [2.75, 3.05) is 0 Å². The Morgan fingerprint density at radius 1 is 1.25 bits per heavy atom. The predicted molar refractivity (Wildman–Crippen MR) is 59.3 cm³/mol. The molecule has 0 bridgehead atoms. The van der Waals surface area contributed by atoms with E-state index < -0.39 is 0 Å². The number of ketones is 1. The van der Waals surface area contributed by atoms with Gasteiger partial charge in [0.15, 0.2) is 0 Å². The number of Topliss-reactive ketones (excluding diaryl/α,β-unsaturated/α-hetero) is 1. The second-order valence-corrected chi connectivity index (χ2v) is 4.80. The first kappa shape index (κ1) is 11.3. The topological polar surface area (TPSA) is 56.0 Å². The zero-order valence-corrected chi connectivity index (χ0v) is 9.90. The maximum absolute atomic E-state index is 11.6. The Morgan fingerprint density at radius 2 is 1.94 bits per heavy atom. The van der Waals surface area contributed by atoms with Crippen molar-refractivity contribution in [3.63, 3.8) is 0 Å². The number of rotatable bonds is 3. The zero-order chi connectivity index (χ0) is 11.5. The molecule has 0 N–H and O–H groups in total. The molecule has 1 aromatic heterocycles. The highest BCUT2D eigenvalue weighted by Gasteiger charge is 2.24. The Labute approximate surface area is 95.4 Å². The SMILES string of the molecule is CC(C)C(=O)c1nnc(C2CCCCC2)o1. The van der Waals surface area contributed by atoms with Crippen LogP contribution in [0.5, 0.6) is 0 Å². The first-order valence-corrected chi connectivity index (χ1v) is 6.06. The molecule has 1 aromatic rings. The summed E-state index contributed by atoms with van der Waals surface area (Å²) in [6, 6.07) is 0. The van der Waals surface area contributed by atoms with E-state index in [-0.39, 0.29) is 17.6 Å². The Morgan fingerprint density at radius 3 is 2.56 bits per heavy atom. The van der Waals surface area contributed by atoms with E-state index in [1.54, 1.807) is 0 Å². The van der Waals surface area contributed by atoms with Gasteiger partial charge >= 0.3 is 0 Å². The van der Waals surface area contributed by atoms with Crippen LogP contribution in [0.2, 0.25) is 0 Å². The molecule has 16 heavy (non-hydrogen) atoms. The second kappa shape index (κ2) is 4.76. The lowest BCUT2D eigenvalue weighted by Gasteiger charge is -2.17. The average Bonchev–Trinajstić information content (AvgIpc) is 2.78. The highest BCUT2D eigenvalue weighted by Crippen LogP contribution is 2.31. The number of carbonyl (C=O) groups excluding carboxylic acids is 1. The summed E-state index contributed by atoms with van der Waals surface area (Å²) in [5, 5.41) is 7.85. The van der Waals surface area contributed by atoms with E-state index in [1.807, 2.05) is 13.8 Å². The number of hydrogen-bond acceptors (Lipinski definition) is 4. The molecule has 2 rings (SSSR count). The smallest absolute Gasteiger partial charge is 0.284 e. The Balaban J connectivity index is 2.09. The number of carbonyl (C=O) groups is 1. The zero-order valence-electron chi connectivity index (χ0n) is 9.90. The summed E-state index contributed by atoms with van der Waals surface area (Å²) in [6.45, 7) is 3.68. The fourth-order valence-corrected chi connectivity index (χ4v) is 2.10. The van der Waals surface area contributed by atoms with Gasteiger partial charge in [-0.2, -0.15) is 0 Å². The normalized spacial score (nSPS) is 17.9. The molecule has 1 fully saturated rings. The number of nitrogens with zero attached hydrogens (tertiary/aromatic N) is 2. The number of hydrogen-bond donors (Lipinski definition) is 0. The average molecular weight is 222 g/mol. The van der Waals surface area contributed by atoms with Crippen LogP contribution >= 0.6 is 0 Å². The van der Waals surface area contributed by atoms with E-state index in [2.05, 4.69) is 10.2 Å². The molecule has 1 heterocycles. The van der Waals surface area contributed by atoms with Crippen LogP contribution in [-0.2, 0) is 0 Å². The maximum Gasteiger partial charge on any atom is 0.284 e. The van der Waals surface area contributed by atoms with Gasteiger partial charge in [-0.25, -0.2) is 0 Å². The monoisotopic (exact) mass is 222 g/mol. The Hall–Kier alpha value is -1.19. The van der Waals surface area contributed by atoms with E-state index in [9.17, 15) is 4.79 Å². The Kier molecular flexibility index (Phi) is 3.36. The minimum absolute atomic E-state index is 0.0606. The summed E-state index contributed by atoms with van der Waals surface area (Å²) >= 11 is 0. The lowest BCUT2D eigenvalue weighted by Crippen LogP contribution is -2.07.